The molecule has 0 aliphatic rings. The minimum Gasteiger partial charge on any atom is -0.389 e. The average Bonchev–Trinajstić information content (AvgIpc) is 2.36. The molecule has 0 fully saturated rings. The average molecular weight is 294 g/mol. The summed E-state index contributed by atoms with van der Waals surface area (Å²) < 4.78 is 38.4. The van der Waals surface area contributed by atoms with E-state index in [1.807, 2.05) is 0 Å². The Bertz CT molecular complexity index is 493. The van der Waals surface area contributed by atoms with E-state index in [0.717, 1.165) is 0 Å². The van der Waals surface area contributed by atoms with Gasteiger partial charge in [0.15, 0.2) is 0 Å². The zero-order valence-electron chi connectivity index (χ0n) is 10.4. The minimum absolute atomic E-state index is 0.166. The molecule has 20 heavy (non-hydrogen) atoms. The minimum atomic E-state index is -4.79. The van der Waals surface area contributed by atoms with E-state index in [1.54, 1.807) is 0 Å². The van der Waals surface area contributed by atoms with Crippen molar-refractivity contribution >= 4 is 5.69 Å². The summed E-state index contributed by atoms with van der Waals surface area (Å²) in [7, 11) is 1.44. The first-order valence-electron chi connectivity index (χ1n) is 5.54. The number of halogens is 3. The highest BCUT2D eigenvalue weighted by molar-refractivity contribution is 5.42. The van der Waals surface area contributed by atoms with Crippen LogP contribution in [0.15, 0.2) is 18.2 Å². The smallest absolute Gasteiger partial charge is 0.389 e. The number of aliphatic hydroxyl groups excluding tert-OH is 2. The molecular formula is C11H13F3N2O4. The molecule has 0 aromatic heterocycles. The molecule has 1 rings (SSSR count). The number of benzene rings is 1. The van der Waals surface area contributed by atoms with E-state index in [1.165, 1.54) is 7.05 Å². The zero-order chi connectivity index (χ0) is 15.5. The highest BCUT2D eigenvalue weighted by atomic mass is 19.4. The quantitative estimate of drug-likeness (QED) is 0.560. The van der Waals surface area contributed by atoms with Crippen LogP contribution in [0.3, 0.4) is 0 Å². The standard InChI is InChI=1S/C11H13F3N2O4/c1-15-5-9(17)10(18)7-4-6(16(19)20)2-3-8(7)11(12,13)14/h2-4,9-10,15,17-18H,5H2,1H3. The summed E-state index contributed by atoms with van der Waals surface area (Å²) in [6.07, 6.45) is -8.20. The second kappa shape index (κ2) is 6.16. The van der Waals surface area contributed by atoms with E-state index in [0.29, 0.717) is 18.2 Å². The Kier molecular flexibility index (Phi) is 5.03. The summed E-state index contributed by atoms with van der Waals surface area (Å²) in [5.74, 6) is 0. The van der Waals surface area contributed by atoms with Crippen LogP contribution in [0.4, 0.5) is 18.9 Å². The molecule has 0 spiro atoms. The topological polar surface area (TPSA) is 95.6 Å². The van der Waals surface area contributed by atoms with Gasteiger partial charge in [0.05, 0.1) is 16.6 Å². The fourth-order valence-corrected chi connectivity index (χ4v) is 1.69. The van der Waals surface area contributed by atoms with Gasteiger partial charge in [-0.25, -0.2) is 0 Å². The number of rotatable bonds is 5. The molecule has 0 aliphatic carbocycles. The number of nitro benzene ring substituents is 1. The zero-order valence-corrected chi connectivity index (χ0v) is 10.4. The highest BCUT2D eigenvalue weighted by Gasteiger charge is 2.37. The monoisotopic (exact) mass is 294 g/mol. The predicted molar refractivity (Wildman–Crippen MR) is 63.0 cm³/mol. The maximum Gasteiger partial charge on any atom is 0.416 e. The molecule has 0 heterocycles. The molecule has 0 bridgehead atoms. The first-order valence-corrected chi connectivity index (χ1v) is 5.54. The van der Waals surface area contributed by atoms with Gasteiger partial charge in [-0.2, -0.15) is 13.2 Å². The van der Waals surface area contributed by atoms with Crippen molar-refractivity contribution in [3.63, 3.8) is 0 Å². The van der Waals surface area contributed by atoms with Crippen molar-refractivity contribution in [2.45, 2.75) is 18.4 Å². The second-order valence-corrected chi connectivity index (χ2v) is 4.10. The molecular weight excluding hydrogens is 281 g/mol. The normalized spacial score (nSPS) is 14.9. The number of alkyl halides is 3. The van der Waals surface area contributed by atoms with Gasteiger partial charge in [-0.15, -0.1) is 0 Å². The van der Waals surface area contributed by atoms with Gasteiger partial charge in [0, 0.05) is 24.2 Å². The highest BCUT2D eigenvalue weighted by Crippen LogP contribution is 2.37. The van der Waals surface area contributed by atoms with Crippen LogP contribution in [0.25, 0.3) is 0 Å². The van der Waals surface area contributed by atoms with Gasteiger partial charge in [0.25, 0.3) is 5.69 Å². The van der Waals surface area contributed by atoms with Crippen LogP contribution < -0.4 is 5.32 Å². The van der Waals surface area contributed by atoms with Gasteiger partial charge in [-0.3, -0.25) is 10.1 Å². The second-order valence-electron chi connectivity index (χ2n) is 4.10. The molecule has 0 radical (unpaired) electrons. The van der Waals surface area contributed by atoms with E-state index < -0.39 is 40.1 Å². The Morgan fingerprint density at radius 3 is 2.45 bits per heavy atom. The number of nitrogens with one attached hydrogen (secondary N) is 1. The van der Waals surface area contributed by atoms with Crippen LogP contribution in [-0.2, 0) is 6.18 Å². The number of non-ortho nitro benzene ring substituents is 1. The van der Waals surface area contributed by atoms with Crippen molar-refractivity contribution < 1.29 is 28.3 Å². The van der Waals surface area contributed by atoms with Gasteiger partial charge in [0.2, 0.25) is 0 Å². The third kappa shape index (κ3) is 3.65. The summed E-state index contributed by atoms with van der Waals surface area (Å²) in [5.41, 5.74) is -2.54. The van der Waals surface area contributed by atoms with E-state index >= 15 is 0 Å². The molecule has 2 atom stereocenters. The first kappa shape index (κ1) is 16.3. The third-order valence-corrected chi connectivity index (χ3v) is 2.65. The maximum atomic E-state index is 12.8. The predicted octanol–water partition coefficient (Wildman–Crippen LogP) is 1.23. The van der Waals surface area contributed by atoms with Crippen molar-refractivity contribution in [1.29, 1.82) is 0 Å². The molecule has 1 aromatic rings. The SMILES string of the molecule is CNCC(O)C(O)c1cc([N+](=O)[O-])ccc1C(F)(F)F. The summed E-state index contributed by atoms with van der Waals surface area (Å²) in [4.78, 5) is 9.73. The Morgan fingerprint density at radius 2 is 2.00 bits per heavy atom. The first-order chi connectivity index (χ1) is 9.18. The van der Waals surface area contributed by atoms with Crippen LogP contribution in [-0.4, -0.2) is 34.8 Å². The van der Waals surface area contributed by atoms with Crippen molar-refractivity contribution in [3.05, 3.63) is 39.4 Å². The third-order valence-electron chi connectivity index (χ3n) is 2.65. The van der Waals surface area contributed by atoms with Crippen LogP contribution >= 0.6 is 0 Å². The fourth-order valence-electron chi connectivity index (χ4n) is 1.69. The maximum absolute atomic E-state index is 12.8. The number of aliphatic hydroxyl groups is 2. The molecule has 9 heteroatoms. The van der Waals surface area contributed by atoms with Gasteiger partial charge in [-0.1, -0.05) is 0 Å². The Balaban J connectivity index is 3.31. The summed E-state index contributed by atoms with van der Waals surface area (Å²) >= 11 is 0. The summed E-state index contributed by atoms with van der Waals surface area (Å²) in [6.45, 7) is -0.166. The molecule has 0 saturated carbocycles. The molecule has 0 amide bonds. The van der Waals surface area contributed by atoms with Crippen molar-refractivity contribution in [3.8, 4) is 0 Å². The summed E-state index contributed by atoms with van der Waals surface area (Å²) in [6, 6.07) is 1.83. The van der Waals surface area contributed by atoms with Gasteiger partial charge < -0.3 is 15.5 Å². The van der Waals surface area contributed by atoms with Gasteiger partial charge >= 0.3 is 6.18 Å². The van der Waals surface area contributed by atoms with E-state index in [4.69, 9.17) is 0 Å². The summed E-state index contributed by atoms with van der Waals surface area (Å²) in [5, 5.41) is 32.4. The van der Waals surface area contributed by atoms with E-state index in [9.17, 15) is 33.5 Å². The largest absolute Gasteiger partial charge is 0.416 e. The van der Waals surface area contributed by atoms with Crippen LogP contribution in [0.1, 0.15) is 17.2 Å². The van der Waals surface area contributed by atoms with E-state index in [2.05, 4.69) is 5.32 Å². The van der Waals surface area contributed by atoms with Crippen LogP contribution in [0, 0.1) is 10.1 Å². The molecule has 3 N–H and O–H groups in total. The molecule has 1 aromatic carbocycles. The lowest BCUT2D eigenvalue weighted by Crippen LogP contribution is -2.30. The van der Waals surface area contributed by atoms with Crippen molar-refractivity contribution in [1.82, 2.24) is 5.32 Å². The van der Waals surface area contributed by atoms with Gasteiger partial charge in [0.1, 0.15) is 6.10 Å². The lowest BCUT2D eigenvalue weighted by atomic mass is 9.97. The van der Waals surface area contributed by atoms with Gasteiger partial charge in [-0.05, 0) is 13.1 Å². The van der Waals surface area contributed by atoms with Crippen LogP contribution in [0.5, 0.6) is 0 Å². The lowest BCUT2D eigenvalue weighted by Gasteiger charge is -2.21. The lowest BCUT2D eigenvalue weighted by molar-refractivity contribution is -0.385. The molecule has 6 nitrogen and oxygen atoms in total. The van der Waals surface area contributed by atoms with Crippen molar-refractivity contribution in [2.24, 2.45) is 0 Å². The molecule has 2 unspecified atom stereocenters. The molecule has 0 aliphatic heterocycles. The molecule has 112 valence electrons. The molecule has 0 saturated heterocycles. The number of hydrogen-bond acceptors (Lipinski definition) is 5. The number of nitrogens with zero attached hydrogens (tertiary/aromatic N) is 1. The number of hydrogen-bond donors (Lipinski definition) is 3. The van der Waals surface area contributed by atoms with E-state index in [-0.39, 0.29) is 6.54 Å². The Morgan fingerprint density at radius 1 is 1.40 bits per heavy atom. The Hall–Kier alpha value is -1.71. The Labute approximate surface area is 112 Å². The van der Waals surface area contributed by atoms with Crippen molar-refractivity contribution in [2.75, 3.05) is 13.6 Å². The number of nitro groups is 1. The van der Waals surface area contributed by atoms with Crippen LogP contribution in [0.2, 0.25) is 0 Å². The number of likely N-dealkylation sites (N-methyl/N-ethyl adjacent to an activating group) is 1. The fraction of sp³-hybridized carbons (Fsp3) is 0.455.